The van der Waals surface area contributed by atoms with Gasteiger partial charge in [-0.15, -0.1) is 12.4 Å². The van der Waals surface area contributed by atoms with Gasteiger partial charge >= 0.3 is 0 Å². The number of carbonyl (C=O) groups excluding carboxylic acids is 1. The summed E-state index contributed by atoms with van der Waals surface area (Å²) in [5, 5.41) is 5.98. The van der Waals surface area contributed by atoms with Crippen molar-refractivity contribution in [1.82, 2.24) is 5.32 Å². The lowest BCUT2D eigenvalue weighted by atomic mass is 9.99. The summed E-state index contributed by atoms with van der Waals surface area (Å²) >= 11 is 0. The van der Waals surface area contributed by atoms with Crippen molar-refractivity contribution in [1.29, 1.82) is 0 Å². The Bertz CT molecular complexity index is 515. The van der Waals surface area contributed by atoms with Crippen LogP contribution >= 0.6 is 12.4 Å². The molecule has 1 aliphatic heterocycles. The highest BCUT2D eigenvalue weighted by Crippen LogP contribution is 2.29. The number of amides is 1. The van der Waals surface area contributed by atoms with Gasteiger partial charge in [0.2, 0.25) is 5.91 Å². The van der Waals surface area contributed by atoms with Gasteiger partial charge in [-0.2, -0.15) is 0 Å². The van der Waals surface area contributed by atoms with Crippen LogP contribution in [0.4, 0.5) is 10.1 Å². The van der Waals surface area contributed by atoms with E-state index in [1.54, 1.807) is 6.07 Å². The van der Waals surface area contributed by atoms with Crippen LogP contribution < -0.4 is 10.6 Å². The molecule has 2 N–H and O–H groups in total. The molecule has 0 unspecified atom stereocenters. The second-order valence-corrected chi connectivity index (χ2v) is 5.89. The third kappa shape index (κ3) is 3.74. The van der Waals surface area contributed by atoms with Crippen LogP contribution in [-0.4, -0.2) is 12.5 Å². The minimum absolute atomic E-state index is 0. The van der Waals surface area contributed by atoms with Gasteiger partial charge in [0.1, 0.15) is 5.82 Å². The van der Waals surface area contributed by atoms with E-state index in [2.05, 4.69) is 10.6 Å². The zero-order valence-corrected chi connectivity index (χ0v) is 12.9. The molecule has 116 valence electrons. The molecule has 3 rings (SSSR count). The topological polar surface area (TPSA) is 41.1 Å². The van der Waals surface area contributed by atoms with Gasteiger partial charge in [-0.1, -0.05) is 18.9 Å². The summed E-state index contributed by atoms with van der Waals surface area (Å²) in [6.45, 7) is 1.51. The highest BCUT2D eigenvalue weighted by atomic mass is 35.5. The number of fused-ring (bicyclic) bond motifs is 1. The fraction of sp³-hybridized carbons (Fsp3) is 0.562. The Kier molecular flexibility index (Phi) is 5.59. The molecule has 0 spiro atoms. The second-order valence-electron chi connectivity index (χ2n) is 5.89. The maximum atomic E-state index is 14.4. The summed E-state index contributed by atoms with van der Waals surface area (Å²) < 4.78 is 14.4. The molecule has 0 atom stereocenters. The van der Waals surface area contributed by atoms with Crippen molar-refractivity contribution in [2.75, 3.05) is 11.9 Å². The molecule has 0 radical (unpaired) electrons. The number of hydrogen-bond donors (Lipinski definition) is 2. The van der Waals surface area contributed by atoms with Crippen LogP contribution in [0.2, 0.25) is 0 Å². The van der Waals surface area contributed by atoms with Crippen molar-refractivity contribution in [3.63, 3.8) is 0 Å². The number of rotatable bonds is 3. The normalized spacial score (nSPS) is 18.0. The third-order valence-electron chi connectivity index (χ3n) is 4.43. The van der Waals surface area contributed by atoms with Crippen molar-refractivity contribution < 1.29 is 9.18 Å². The van der Waals surface area contributed by atoms with Gasteiger partial charge in [0.15, 0.2) is 0 Å². The first-order chi connectivity index (χ1) is 9.74. The molecule has 0 bridgehead atoms. The standard InChI is InChI=1S/C16H21FN2O.ClH/c17-16-13-7-8-18-10-12(13)5-6-14(16)19-15(20)9-11-3-1-2-4-11;/h5-6,11,18H,1-4,7-10H2,(H,19,20);1H. The van der Waals surface area contributed by atoms with E-state index in [9.17, 15) is 9.18 Å². The lowest BCUT2D eigenvalue weighted by Gasteiger charge is -2.19. The fourth-order valence-corrected chi connectivity index (χ4v) is 3.31. The lowest BCUT2D eigenvalue weighted by Crippen LogP contribution is -2.25. The lowest BCUT2D eigenvalue weighted by molar-refractivity contribution is -0.117. The largest absolute Gasteiger partial charge is 0.324 e. The average Bonchev–Trinajstić information content (AvgIpc) is 2.95. The third-order valence-corrected chi connectivity index (χ3v) is 4.43. The average molecular weight is 313 g/mol. The zero-order valence-electron chi connectivity index (χ0n) is 12.1. The Morgan fingerprint density at radius 2 is 2.10 bits per heavy atom. The first kappa shape index (κ1) is 16.2. The molecule has 1 heterocycles. The van der Waals surface area contributed by atoms with Crippen LogP contribution in [0, 0.1) is 11.7 Å². The number of anilines is 1. The minimum atomic E-state index is -0.247. The monoisotopic (exact) mass is 312 g/mol. The van der Waals surface area contributed by atoms with Crippen LogP contribution in [0.1, 0.15) is 43.2 Å². The first-order valence-electron chi connectivity index (χ1n) is 7.55. The van der Waals surface area contributed by atoms with Gasteiger partial charge in [0, 0.05) is 13.0 Å². The summed E-state index contributed by atoms with van der Waals surface area (Å²) in [5.74, 6) is 0.188. The molecule has 1 aliphatic carbocycles. The summed E-state index contributed by atoms with van der Waals surface area (Å²) in [5.41, 5.74) is 2.10. The molecule has 1 aromatic rings. The molecule has 1 saturated carbocycles. The predicted molar refractivity (Wildman–Crippen MR) is 84.3 cm³/mol. The Balaban J connectivity index is 0.00000161. The highest BCUT2D eigenvalue weighted by Gasteiger charge is 2.21. The highest BCUT2D eigenvalue weighted by molar-refractivity contribution is 5.91. The maximum Gasteiger partial charge on any atom is 0.224 e. The molecule has 2 aliphatic rings. The number of nitrogens with one attached hydrogen (secondary N) is 2. The molecule has 3 nitrogen and oxygen atoms in total. The van der Waals surface area contributed by atoms with E-state index in [1.807, 2.05) is 6.07 Å². The minimum Gasteiger partial charge on any atom is -0.324 e. The molecule has 5 heteroatoms. The van der Waals surface area contributed by atoms with Crippen molar-refractivity contribution in [2.24, 2.45) is 5.92 Å². The summed E-state index contributed by atoms with van der Waals surface area (Å²) in [6.07, 6.45) is 5.92. The Morgan fingerprint density at radius 1 is 1.33 bits per heavy atom. The van der Waals surface area contributed by atoms with Crippen molar-refractivity contribution >= 4 is 24.0 Å². The Morgan fingerprint density at radius 3 is 2.86 bits per heavy atom. The van der Waals surface area contributed by atoms with E-state index >= 15 is 0 Å². The number of hydrogen-bond acceptors (Lipinski definition) is 2. The summed E-state index contributed by atoms with van der Waals surface area (Å²) in [7, 11) is 0. The number of benzene rings is 1. The van der Waals surface area contributed by atoms with Crippen LogP contribution in [0.15, 0.2) is 12.1 Å². The number of halogens is 2. The van der Waals surface area contributed by atoms with Crippen molar-refractivity contribution in [2.45, 2.75) is 45.1 Å². The molecule has 0 saturated heterocycles. The van der Waals surface area contributed by atoms with E-state index < -0.39 is 0 Å². The van der Waals surface area contributed by atoms with Gasteiger partial charge < -0.3 is 10.6 Å². The molecule has 1 fully saturated rings. The van der Waals surface area contributed by atoms with Gasteiger partial charge in [0.05, 0.1) is 5.69 Å². The van der Waals surface area contributed by atoms with Gasteiger partial charge in [0.25, 0.3) is 0 Å². The maximum absolute atomic E-state index is 14.4. The van der Waals surface area contributed by atoms with Gasteiger partial charge in [-0.05, 0) is 48.9 Å². The van der Waals surface area contributed by atoms with Crippen molar-refractivity contribution in [3.05, 3.63) is 29.1 Å². The van der Waals surface area contributed by atoms with E-state index in [0.29, 0.717) is 31.0 Å². The van der Waals surface area contributed by atoms with Crippen molar-refractivity contribution in [3.8, 4) is 0 Å². The van der Waals surface area contributed by atoms with Crippen LogP contribution in [0.3, 0.4) is 0 Å². The summed E-state index contributed by atoms with van der Waals surface area (Å²) in [6, 6.07) is 3.60. The summed E-state index contributed by atoms with van der Waals surface area (Å²) in [4.78, 5) is 12.0. The zero-order chi connectivity index (χ0) is 13.9. The van der Waals surface area contributed by atoms with E-state index in [0.717, 1.165) is 30.5 Å². The van der Waals surface area contributed by atoms with Gasteiger partial charge in [-0.3, -0.25) is 4.79 Å². The quantitative estimate of drug-likeness (QED) is 0.898. The Labute approximate surface area is 131 Å². The predicted octanol–water partition coefficient (Wildman–Crippen LogP) is 3.41. The molecule has 1 amide bonds. The Hall–Kier alpha value is -1.13. The first-order valence-corrected chi connectivity index (χ1v) is 7.55. The van der Waals surface area contributed by atoms with E-state index in [4.69, 9.17) is 0 Å². The number of carbonyl (C=O) groups is 1. The second kappa shape index (κ2) is 7.23. The van der Waals surface area contributed by atoms with Crippen LogP contribution in [0.5, 0.6) is 0 Å². The van der Waals surface area contributed by atoms with E-state index in [1.165, 1.54) is 12.8 Å². The van der Waals surface area contributed by atoms with Crippen LogP contribution in [0.25, 0.3) is 0 Å². The smallest absolute Gasteiger partial charge is 0.224 e. The van der Waals surface area contributed by atoms with E-state index in [-0.39, 0.29) is 24.1 Å². The van der Waals surface area contributed by atoms with Gasteiger partial charge in [-0.25, -0.2) is 4.39 Å². The SMILES string of the molecule is Cl.O=C(CC1CCCC1)Nc1ccc2c(c1F)CCNC2. The van der Waals surface area contributed by atoms with Crippen LogP contribution in [-0.2, 0) is 17.8 Å². The molecule has 21 heavy (non-hydrogen) atoms. The molecule has 1 aromatic carbocycles. The molecule has 0 aromatic heterocycles. The molecular formula is C16H22ClFN2O. The molecular weight excluding hydrogens is 291 g/mol. The fourth-order valence-electron chi connectivity index (χ4n) is 3.31.